The van der Waals surface area contributed by atoms with E-state index >= 15 is 0 Å². The van der Waals surface area contributed by atoms with Crippen LogP contribution in [-0.4, -0.2) is 41.5 Å². The first-order chi connectivity index (χ1) is 10.3. The summed E-state index contributed by atoms with van der Waals surface area (Å²) in [5.74, 6) is 1.99. The molecule has 0 fully saturated rings. The molecule has 0 unspecified atom stereocenters. The molecule has 3 heterocycles. The van der Waals surface area contributed by atoms with Crippen LogP contribution in [0.15, 0.2) is 12.5 Å². The fourth-order valence-electron chi connectivity index (χ4n) is 1.91. The predicted octanol–water partition coefficient (Wildman–Crippen LogP) is 0.915. The van der Waals surface area contributed by atoms with Crippen LogP contribution in [0.25, 0.3) is 11.0 Å². The Morgan fingerprint density at radius 2 is 2.19 bits per heavy atom. The van der Waals surface area contributed by atoms with Crippen molar-refractivity contribution in [3.63, 3.8) is 0 Å². The van der Waals surface area contributed by atoms with Gasteiger partial charge >= 0.3 is 0 Å². The largest absolute Gasteiger partial charge is 0.362 e. The summed E-state index contributed by atoms with van der Waals surface area (Å²) in [5.41, 5.74) is 0.695. The second kappa shape index (κ2) is 5.73. The van der Waals surface area contributed by atoms with Crippen molar-refractivity contribution in [3.05, 3.63) is 18.3 Å². The van der Waals surface area contributed by atoms with Gasteiger partial charge in [0, 0.05) is 13.6 Å². The normalized spacial score (nSPS) is 11.0. The van der Waals surface area contributed by atoms with Crippen LogP contribution in [0, 0.1) is 0 Å². The highest BCUT2D eigenvalue weighted by Crippen LogP contribution is 2.20. The first kappa shape index (κ1) is 13.3. The molecule has 0 spiro atoms. The Morgan fingerprint density at radius 3 is 2.95 bits per heavy atom. The highest BCUT2D eigenvalue weighted by molar-refractivity contribution is 5.86. The van der Waals surface area contributed by atoms with Crippen molar-refractivity contribution in [1.82, 2.24) is 34.9 Å². The van der Waals surface area contributed by atoms with E-state index < -0.39 is 0 Å². The first-order valence-electron chi connectivity index (χ1n) is 6.79. The van der Waals surface area contributed by atoms with Gasteiger partial charge in [0.15, 0.2) is 11.5 Å². The smallest absolute Gasteiger partial charge is 0.226 e. The van der Waals surface area contributed by atoms with Crippen LogP contribution in [0.3, 0.4) is 0 Å². The number of nitrogens with one attached hydrogen (secondary N) is 3. The number of aryl methyl sites for hydroxylation is 1. The van der Waals surface area contributed by atoms with Crippen LogP contribution >= 0.6 is 0 Å². The molecule has 3 aromatic rings. The number of aromatic amines is 1. The van der Waals surface area contributed by atoms with E-state index in [0.717, 1.165) is 18.4 Å². The molecule has 0 aliphatic heterocycles. The Balaban J connectivity index is 1.83. The third-order valence-electron chi connectivity index (χ3n) is 2.90. The average Bonchev–Trinajstić information content (AvgIpc) is 3.11. The van der Waals surface area contributed by atoms with E-state index in [1.165, 1.54) is 0 Å². The van der Waals surface area contributed by atoms with Crippen LogP contribution in [-0.2, 0) is 13.6 Å². The number of nitrogens with zero attached hydrogens (tertiary/aromatic N) is 6. The molecule has 0 amide bonds. The Labute approximate surface area is 121 Å². The summed E-state index contributed by atoms with van der Waals surface area (Å²) in [6.45, 7) is 3.40. The number of aromatic nitrogens is 7. The summed E-state index contributed by atoms with van der Waals surface area (Å²) in [6.07, 6.45) is 4.37. The van der Waals surface area contributed by atoms with Gasteiger partial charge in [-0.1, -0.05) is 6.92 Å². The Morgan fingerprint density at radius 1 is 1.29 bits per heavy atom. The van der Waals surface area contributed by atoms with Crippen LogP contribution in [0.4, 0.5) is 11.8 Å². The van der Waals surface area contributed by atoms with Gasteiger partial charge in [-0.25, -0.2) is 4.98 Å². The number of hydrogen-bond acceptors (Lipinski definition) is 7. The maximum Gasteiger partial charge on any atom is 0.226 e. The minimum Gasteiger partial charge on any atom is -0.362 e. The fraction of sp³-hybridized carbons (Fsp3) is 0.417. The number of anilines is 2. The molecular formula is C12H17N9. The molecule has 0 saturated carbocycles. The zero-order chi connectivity index (χ0) is 14.7. The van der Waals surface area contributed by atoms with Crippen molar-refractivity contribution >= 4 is 22.8 Å². The molecule has 0 aromatic carbocycles. The van der Waals surface area contributed by atoms with Crippen molar-refractivity contribution in [2.45, 2.75) is 19.9 Å². The predicted molar refractivity (Wildman–Crippen MR) is 78.8 cm³/mol. The highest BCUT2D eigenvalue weighted by atomic mass is 15.3. The van der Waals surface area contributed by atoms with E-state index in [2.05, 4.69) is 47.8 Å². The summed E-state index contributed by atoms with van der Waals surface area (Å²) in [7, 11) is 1.84. The lowest BCUT2D eigenvalue weighted by atomic mass is 10.4. The zero-order valence-corrected chi connectivity index (χ0v) is 12.0. The molecule has 0 atom stereocenters. The van der Waals surface area contributed by atoms with Gasteiger partial charge in [0.05, 0.1) is 18.1 Å². The van der Waals surface area contributed by atoms with Crippen molar-refractivity contribution in [2.24, 2.45) is 7.05 Å². The standard InChI is InChI=1S/C12H17N9/c1-3-4-13-12-17-10(8-5-16-19-11(8)18-12)14-6-9-15-7-21(2)20-9/h5,7H,3-4,6H2,1-2H3,(H3,13,14,16,17,18,19). The van der Waals surface area contributed by atoms with Crippen LogP contribution in [0.1, 0.15) is 19.2 Å². The van der Waals surface area contributed by atoms with Crippen LogP contribution in [0.5, 0.6) is 0 Å². The SMILES string of the molecule is CCCNc1nc(NCc2ncn(C)n2)c2cn[nH]c2n1. The van der Waals surface area contributed by atoms with E-state index in [9.17, 15) is 0 Å². The summed E-state index contributed by atoms with van der Waals surface area (Å²) in [4.78, 5) is 13.0. The molecule has 0 saturated heterocycles. The zero-order valence-electron chi connectivity index (χ0n) is 12.0. The molecule has 0 radical (unpaired) electrons. The van der Waals surface area contributed by atoms with E-state index in [0.29, 0.717) is 29.8 Å². The number of hydrogen-bond donors (Lipinski definition) is 3. The molecule has 3 aromatic heterocycles. The number of rotatable bonds is 6. The minimum absolute atomic E-state index is 0.491. The van der Waals surface area contributed by atoms with Gasteiger partial charge < -0.3 is 10.6 Å². The monoisotopic (exact) mass is 287 g/mol. The van der Waals surface area contributed by atoms with Crippen molar-refractivity contribution in [2.75, 3.05) is 17.2 Å². The van der Waals surface area contributed by atoms with Crippen molar-refractivity contribution in [1.29, 1.82) is 0 Å². The summed E-state index contributed by atoms with van der Waals surface area (Å²) in [6, 6.07) is 0. The average molecular weight is 287 g/mol. The van der Waals surface area contributed by atoms with Gasteiger partial charge in [-0.05, 0) is 6.42 Å². The number of H-pyrrole nitrogens is 1. The maximum absolute atomic E-state index is 4.48. The van der Waals surface area contributed by atoms with Gasteiger partial charge in [-0.2, -0.15) is 20.2 Å². The molecule has 21 heavy (non-hydrogen) atoms. The molecule has 0 aliphatic rings. The molecule has 0 aliphatic carbocycles. The van der Waals surface area contributed by atoms with Crippen LogP contribution in [0.2, 0.25) is 0 Å². The molecule has 0 bridgehead atoms. The summed E-state index contributed by atoms with van der Waals surface area (Å²) < 4.78 is 1.67. The second-order valence-corrected chi connectivity index (χ2v) is 4.64. The van der Waals surface area contributed by atoms with Gasteiger partial charge in [0.25, 0.3) is 0 Å². The van der Waals surface area contributed by atoms with E-state index in [1.54, 1.807) is 17.2 Å². The summed E-state index contributed by atoms with van der Waals surface area (Å²) in [5, 5.41) is 18.3. The lowest BCUT2D eigenvalue weighted by Gasteiger charge is -2.08. The van der Waals surface area contributed by atoms with Crippen molar-refractivity contribution in [3.8, 4) is 0 Å². The first-order valence-corrected chi connectivity index (χ1v) is 6.79. The summed E-state index contributed by atoms with van der Waals surface area (Å²) >= 11 is 0. The topological polar surface area (TPSA) is 109 Å². The fourth-order valence-corrected chi connectivity index (χ4v) is 1.91. The number of fused-ring (bicyclic) bond motifs is 1. The van der Waals surface area contributed by atoms with Gasteiger partial charge in [-0.3, -0.25) is 9.78 Å². The third kappa shape index (κ3) is 2.91. The van der Waals surface area contributed by atoms with Crippen molar-refractivity contribution < 1.29 is 0 Å². The Kier molecular flexibility index (Phi) is 3.63. The highest BCUT2D eigenvalue weighted by Gasteiger charge is 2.10. The maximum atomic E-state index is 4.48. The van der Waals surface area contributed by atoms with E-state index in [-0.39, 0.29) is 0 Å². The quantitative estimate of drug-likeness (QED) is 0.618. The lowest BCUT2D eigenvalue weighted by Crippen LogP contribution is -2.09. The molecule has 110 valence electrons. The van der Waals surface area contributed by atoms with Gasteiger partial charge in [0.1, 0.15) is 12.1 Å². The third-order valence-corrected chi connectivity index (χ3v) is 2.90. The molecular weight excluding hydrogens is 270 g/mol. The van der Waals surface area contributed by atoms with E-state index in [4.69, 9.17) is 0 Å². The van der Waals surface area contributed by atoms with Gasteiger partial charge in [0.2, 0.25) is 5.95 Å². The molecule has 3 N–H and O–H groups in total. The molecule has 3 rings (SSSR count). The Hall–Kier alpha value is -2.71. The Bertz CT molecular complexity index is 729. The van der Waals surface area contributed by atoms with E-state index in [1.807, 2.05) is 7.05 Å². The van der Waals surface area contributed by atoms with Gasteiger partial charge in [-0.15, -0.1) is 0 Å². The van der Waals surface area contributed by atoms with Crippen LogP contribution < -0.4 is 10.6 Å². The lowest BCUT2D eigenvalue weighted by molar-refractivity contribution is 0.747. The molecule has 9 heteroatoms. The molecule has 9 nitrogen and oxygen atoms in total. The second-order valence-electron chi connectivity index (χ2n) is 4.64. The minimum atomic E-state index is 0.491.